The van der Waals surface area contributed by atoms with Crippen LogP contribution in [0.1, 0.15) is 24.7 Å². The summed E-state index contributed by atoms with van der Waals surface area (Å²) < 4.78 is 7.61. The Bertz CT molecular complexity index is 908. The first kappa shape index (κ1) is 16.8. The number of nitrogens with one attached hydrogen (secondary N) is 1. The van der Waals surface area contributed by atoms with Crippen molar-refractivity contribution in [3.8, 4) is 16.9 Å². The molecule has 0 radical (unpaired) electrons. The van der Waals surface area contributed by atoms with E-state index in [4.69, 9.17) is 10.5 Å². The van der Waals surface area contributed by atoms with E-state index in [1.165, 1.54) is 0 Å². The summed E-state index contributed by atoms with van der Waals surface area (Å²) in [5.41, 5.74) is 8.81. The molecule has 130 valence electrons. The lowest BCUT2D eigenvalue weighted by Gasteiger charge is -2.12. The fourth-order valence-corrected chi connectivity index (χ4v) is 2.70. The molecular weight excluding hydrogens is 316 g/mol. The first-order valence-corrected chi connectivity index (χ1v) is 8.32. The highest BCUT2D eigenvalue weighted by Gasteiger charge is 2.11. The van der Waals surface area contributed by atoms with Crippen molar-refractivity contribution in [2.75, 3.05) is 12.3 Å². The Morgan fingerprint density at radius 2 is 2.00 bits per heavy atom. The molecule has 25 heavy (non-hydrogen) atoms. The van der Waals surface area contributed by atoms with Crippen LogP contribution in [-0.4, -0.2) is 21.1 Å². The minimum atomic E-state index is -0.151. The van der Waals surface area contributed by atoms with Crippen molar-refractivity contribution >= 4 is 5.95 Å². The minimum Gasteiger partial charge on any atom is -0.493 e. The standard InChI is InChI=1S/C19H22N4O2/c1-3-10-25-17-7-5-4-6-15(17)16-9-8-14(22-18(16)24)12-23-13(2)11-21-19(23)20/h4-9,11H,3,10,12H2,1-2H3,(H2,20,21)(H,22,24). The highest BCUT2D eigenvalue weighted by Crippen LogP contribution is 2.27. The van der Waals surface area contributed by atoms with Crippen molar-refractivity contribution < 1.29 is 4.74 Å². The van der Waals surface area contributed by atoms with E-state index in [1.54, 1.807) is 6.20 Å². The Morgan fingerprint density at radius 3 is 2.68 bits per heavy atom. The van der Waals surface area contributed by atoms with Gasteiger partial charge < -0.3 is 20.0 Å². The molecule has 6 nitrogen and oxygen atoms in total. The number of anilines is 1. The van der Waals surface area contributed by atoms with Crippen LogP contribution in [0.25, 0.3) is 11.1 Å². The number of H-pyrrole nitrogens is 1. The number of imidazole rings is 1. The van der Waals surface area contributed by atoms with Gasteiger partial charge in [0.15, 0.2) is 0 Å². The van der Waals surface area contributed by atoms with Crippen molar-refractivity contribution in [2.24, 2.45) is 0 Å². The normalized spacial score (nSPS) is 10.8. The molecule has 0 amide bonds. The fourth-order valence-electron chi connectivity index (χ4n) is 2.70. The number of nitrogens with zero attached hydrogens (tertiary/aromatic N) is 2. The van der Waals surface area contributed by atoms with Crippen LogP contribution >= 0.6 is 0 Å². The molecule has 1 aromatic carbocycles. The molecule has 0 saturated carbocycles. The van der Waals surface area contributed by atoms with E-state index in [2.05, 4.69) is 9.97 Å². The van der Waals surface area contributed by atoms with Gasteiger partial charge in [0.25, 0.3) is 5.56 Å². The van der Waals surface area contributed by atoms with Gasteiger partial charge in [-0.15, -0.1) is 0 Å². The molecule has 0 bridgehead atoms. The van der Waals surface area contributed by atoms with E-state index in [0.717, 1.165) is 29.1 Å². The molecule has 0 saturated heterocycles. The smallest absolute Gasteiger partial charge is 0.256 e. The zero-order valence-corrected chi connectivity index (χ0v) is 14.5. The van der Waals surface area contributed by atoms with E-state index >= 15 is 0 Å². The number of pyridine rings is 1. The predicted molar refractivity (Wildman–Crippen MR) is 98.8 cm³/mol. The number of ether oxygens (including phenoxy) is 1. The average molecular weight is 338 g/mol. The number of rotatable bonds is 6. The number of hydrogen-bond acceptors (Lipinski definition) is 4. The lowest BCUT2D eigenvalue weighted by atomic mass is 10.1. The Kier molecular flexibility index (Phi) is 4.88. The van der Waals surface area contributed by atoms with Crippen molar-refractivity contribution in [3.05, 3.63) is 64.3 Å². The molecule has 2 heterocycles. The molecule has 0 aliphatic rings. The second-order valence-corrected chi connectivity index (χ2v) is 5.91. The third-order valence-electron chi connectivity index (χ3n) is 4.02. The molecule has 0 spiro atoms. The Hall–Kier alpha value is -3.02. The average Bonchev–Trinajstić information content (AvgIpc) is 2.92. The van der Waals surface area contributed by atoms with Crippen LogP contribution in [0.4, 0.5) is 5.95 Å². The van der Waals surface area contributed by atoms with Crippen LogP contribution in [0.5, 0.6) is 5.75 Å². The second-order valence-electron chi connectivity index (χ2n) is 5.91. The number of aryl methyl sites for hydroxylation is 1. The Balaban J connectivity index is 1.92. The Labute approximate surface area is 146 Å². The van der Waals surface area contributed by atoms with Crippen molar-refractivity contribution in [3.63, 3.8) is 0 Å². The van der Waals surface area contributed by atoms with Crippen LogP contribution in [0.15, 0.2) is 47.4 Å². The highest BCUT2D eigenvalue weighted by atomic mass is 16.5. The van der Waals surface area contributed by atoms with Gasteiger partial charge in [0.1, 0.15) is 5.75 Å². The topological polar surface area (TPSA) is 85.9 Å². The van der Waals surface area contributed by atoms with E-state index in [9.17, 15) is 4.79 Å². The zero-order chi connectivity index (χ0) is 17.8. The first-order valence-electron chi connectivity index (χ1n) is 8.32. The van der Waals surface area contributed by atoms with Crippen LogP contribution < -0.4 is 16.0 Å². The maximum Gasteiger partial charge on any atom is 0.256 e. The SMILES string of the molecule is CCCOc1ccccc1-c1ccc(Cn2c(C)cnc2N)[nH]c1=O. The third-order valence-corrected chi connectivity index (χ3v) is 4.02. The van der Waals surface area contributed by atoms with Gasteiger partial charge >= 0.3 is 0 Å². The van der Waals surface area contributed by atoms with Gasteiger partial charge in [0.05, 0.1) is 24.9 Å². The van der Waals surface area contributed by atoms with Crippen LogP contribution in [0.2, 0.25) is 0 Å². The van der Waals surface area contributed by atoms with Gasteiger partial charge in [-0.2, -0.15) is 0 Å². The summed E-state index contributed by atoms with van der Waals surface area (Å²) in [6.07, 6.45) is 2.62. The van der Waals surface area contributed by atoms with Gasteiger partial charge in [-0.3, -0.25) is 4.79 Å². The summed E-state index contributed by atoms with van der Waals surface area (Å²) in [6.45, 7) is 5.07. The van der Waals surface area contributed by atoms with Crippen molar-refractivity contribution in [2.45, 2.75) is 26.8 Å². The predicted octanol–water partition coefficient (Wildman–Crippen LogP) is 2.97. The highest BCUT2D eigenvalue weighted by molar-refractivity contribution is 5.69. The summed E-state index contributed by atoms with van der Waals surface area (Å²) in [4.78, 5) is 19.6. The van der Waals surface area contributed by atoms with Gasteiger partial charge in [-0.25, -0.2) is 4.98 Å². The molecular formula is C19H22N4O2. The maximum absolute atomic E-state index is 12.6. The van der Waals surface area contributed by atoms with Gasteiger partial charge in [0, 0.05) is 17.0 Å². The van der Waals surface area contributed by atoms with E-state index < -0.39 is 0 Å². The van der Waals surface area contributed by atoms with Crippen LogP contribution in [0.3, 0.4) is 0 Å². The van der Waals surface area contributed by atoms with Gasteiger partial charge in [-0.05, 0) is 31.5 Å². The maximum atomic E-state index is 12.6. The number of nitrogens with two attached hydrogens (primary N) is 1. The van der Waals surface area contributed by atoms with E-state index in [1.807, 2.05) is 54.8 Å². The quantitative estimate of drug-likeness (QED) is 0.723. The summed E-state index contributed by atoms with van der Waals surface area (Å²) in [7, 11) is 0. The number of nitrogen functional groups attached to an aromatic ring is 1. The summed E-state index contributed by atoms with van der Waals surface area (Å²) in [5.74, 6) is 1.15. The van der Waals surface area contributed by atoms with Gasteiger partial charge in [0.2, 0.25) is 5.95 Å². The zero-order valence-electron chi connectivity index (χ0n) is 14.5. The molecule has 6 heteroatoms. The number of benzene rings is 1. The monoisotopic (exact) mass is 338 g/mol. The number of aromatic nitrogens is 3. The summed E-state index contributed by atoms with van der Waals surface area (Å²) >= 11 is 0. The Morgan fingerprint density at radius 1 is 1.20 bits per heavy atom. The number of para-hydroxylation sites is 1. The van der Waals surface area contributed by atoms with E-state index in [-0.39, 0.29) is 5.56 Å². The lowest BCUT2D eigenvalue weighted by molar-refractivity contribution is 0.318. The summed E-state index contributed by atoms with van der Waals surface area (Å²) in [5, 5.41) is 0. The van der Waals surface area contributed by atoms with Crippen LogP contribution in [-0.2, 0) is 6.54 Å². The molecule has 2 aromatic heterocycles. The molecule has 0 aliphatic carbocycles. The molecule has 3 aromatic rings. The van der Waals surface area contributed by atoms with Gasteiger partial charge in [-0.1, -0.05) is 25.1 Å². The molecule has 0 aliphatic heterocycles. The largest absolute Gasteiger partial charge is 0.493 e. The molecule has 3 rings (SSSR count). The lowest BCUT2D eigenvalue weighted by Crippen LogP contribution is -2.15. The first-order chi connectivity index (χ1) is 12.1. The minimum absolute atomic E-state index is 0.151. The number of aromatic amines is 1. The van der Waals surface area contributed by atoms with Crippen LogP contribution in [0, 0.1) is 6.92 Å². The number of hydrogen-bond donors (Lipinski definition) is 2. The van der Waals surface area contributed by atoms with E-state index in [0.29, 0.717) is 24.7 Å². The molecule has 0 atom stereocenters. The second kappa shape index (κ2) is 7.25. The summed E-state index contributed by atoms with van der Waals surface area (Å²) in [6, 6.07) is 11.3. The van der Waals surface area contributed by atoms with Crippen molar-refractivity contribution in [1.29, 1.82) is 0 Å². The molecule has 3 N–H and O–H groups in total. The molecule has 0 fully saturated rings. The van der Waals surface area contributed by atoms with Crippen molar-refractivity contribution in [1.82, 2.24) is 14.5 Å². The molecule has 0 unspecified atom stereocenters. The third kappa shape index (κ3) is 3.57. The fraction of sp³-hybridized carbons (Fsp3) is 0.263.